The number of halogens is 2. The average molecular weight is 356 g/mol. The molecule has 0 atom stereocenters. The van der Waals surface area contributed by atoms with E-state index in [9.17, 15) is 13.6 Å². The highest BCUT2D eigenvalue weighted by Gasteiger charge is 2.33. The van der Waals surface area contributed by atoms with Gasteiger partial charge in [-0.1, -0.05) is 24.3 Å². The van der Waals surface area contributed by atoms with Gasteiger partial charge in [0.1, 0.15) is 23.1 Å². The maximum absolute atomic E-state index is 14.0. The van der Waals surface area contributed by atoms with Crippen LogP contribution in [0.4, 0.5) is 14.5 Å². The summed E-state index contributed by atoms with van der Waals surface area (Å²) >= 11 is 0. The molecule has 0 aliphatic carbocycles. The quantitative estimate of drug-likeness (QED) is 0.715. The Bertz CT molecular complexity index is 936. The third kappa shape index (κ3) is 2.92. The molecule has 0 fully saturated rings. The number of rotatable bonds is 4. The summed E-state index contributed by atoms with van der Waals surface area (Å²) < 4.78 is 39.0. The van der Waals surface area contributed by atoms with Crippen LogP contribution in [0.2, 0.25) is 0 Å². The Balaban J connectivity index is 1.56. The summed E-state index contributed by atoms with van der Waals surface area (Å²) in [5.41, 5.74) is 0.0938. The van der Waals surface area contributed by atoms with E-state index in [1.165, 1.54) is 6.07 Å². The van der Waals surface area contributed by atoms with Crippen molar-refractivity contribution in [2.75, 3.05) is 11.4 Å². The third-order valence-electron chi connectivity index (χ3n) is 4.07. The summed E-state index contributed by atoms with van der Waals surface area (Å²) in [6.07, 6.45) is 0.337. The number of amides is 1. The molecule has 4 rings (SSSR count). The molecule has 132 valence electrons. The minimum absolute atomic E-state index is 0.00874. The Kier molecular flexibility index (Phi) is 4.12. The van der Waals surface area contributed by atoms with Crippen LogP contribution >= 0.6 is 0 Å². The van der Waals surface area contributed by atoms with Crippen molar-refractivity contribution in [1.82, 2.24) is 4.98 Å². The minimum atomic E-state index is -0.797. The average Bonchev–Trinajstić information content (AvgIpc) is 3.07. The number of ether oxygens (including phenoxy) is 1. The fraction of sp³-hybridized carbons (Fsp3) is 0.158. The lowest BCUT2D eigenvalue weighted by Crippen LogP contribution is -2.38. The number of fused-ring (bicyclic) bond motifs is 1. The topological polar surface area (TPSA) is 55.6 Å². The van der Waals surface area contributed by atoms with E-state index >= 15 is 0 Å². The molecule has 1 aromatic heterocycles. The Hall–Kier alpha value is -3.22. The van der Waals surface area contributed by atoms with Crippen LogP contribution in [0.3, 0.4) is 0 Å². The molecule has 0 radical (unpaired) electrons. The molecule has 3 aromatic rings. The van der Waals surface area contributed by atoms with Gasteiger partial charge in [0.25, 0.3) is 5.91 Å². The van der Waals surface area contributed by atoms with Gasteiger partial charge in [-0.3, -0.25) is 9.69 Å². The van der Waals surface area contributed by atoms with E-state index in [4.69, 9.17) is 9.15 Å². The molecule has 0 saturated heterocycles. The van der Waals surface area contributed by atoms with Gasteiger partial charge < -0.3 is 9.15 Å². The minimum Gasteiger partial charge on any atom is -0.484 e. The molecule has 2 heterocycles. The summed E-state index contributed by atoms with van der Waals surface area (Å²) in [4.78, 5) is 17.9. The van der Waals surface area contributed by atoms with E-state index in [-0.39, 0.29) is 30.5 Å². The lowest BCUT2D eigenvalue weighted by Gasteiger charge is -2.25. The molecule has 7 heteroatoms. The lowest BCUT2D eigenvalue weighted by molar-refractivity contribution is 0.0946. The summed E-state index contributed by atoms with van der Waals surface area (Å²) in [7, 11) is 0. The summed E-state index contributed by atoms with van der Waals surface area (Å²) in [5.74, 6) is -1.34. The van der Waals surface area contributed by atoms with E-state index in [0.717, 1.165) is 17.0 Å². The van der Waals surface area contributed by atoms with Gasteiger partial charge in [-0.25, -0.2) is 13.8 Å². The number of anilines is 1. The van der Waals surface area contributed by atoms with E-state index < -0.39 is 17.5 Å². The van der Waals surface area contributed by atoms with Crippen molar-refractivity contribution in [2.24, 2.45) is 0 Å². The molecule has 0 spiro atoms. The van der Waals surface area contributed by atoms with E-state index in [0.29, 0.717) is 17.9 Å². The van der Waals surface area contributed by atoms with Crippen LogP contribution in [0, 0.1) is 11.6 Å². The molecule has 2 aromatic carbocycles. The smallest absolute Gasteiger partial charge is 0.296 e. The first-order valence-corrected chi connectivity index (χ1v) is 8.06. The molecule has 1 amide bonds. The molecule has 1 aliphatic rings. The molecule has 0 saturated carbocycles. The molecule has 26 heavy (non-hydrogen) atoms. The largest absolute Gasteiger partial charge is 0.484 e. The summed E-state index contributed by atoms with van der Waals surface area (Å²) in [6.45, 7) is 0.174. The molecular weight excluding hydrogens is 342 g/mol. The lowest BCUT2D eigenvalue weighted by atomic mass is 10.1. The van der Waals surface area contributed by atoms with Crippen molar-refractivity contribution in [3.8, 4) is 5.75 Å². The standard InChI is InChI=1S/C19H14F2N2O3/c20-13-7-4-8-14(21)17(13)23-10-9-15-18(19(23)24)26-16(22-15)11-25-12-5-2-1-3-6-12/h1-8H,9-11H2. The molecule has 0 unspecified atom stereocenters. The molecule has 0 N–H and O–H groups in total. The van der Waals surface area contributed by atoms with Crippen LogP contribution in [0.15, 0.2) is 52.9 Å². The highest BCUT2D eigenvalue weighted by molar-refractivity contribution is 6.06. The van der Waals surface area contributed by atoms with Gasteiger partial charge in [0.05, 0.1) is 5.69 Å². The van der Waals surface area contributed by atoms with Crippen LogP contribution in [-0.4, -0.2) is 17.4 Å². The van der Waals surface area contributed by atoms with Gasteiger partial charge in [0.2, 0.25) is 11.7 Å². The zero-order valence-electron chi connectivity index (χ0n) is 13.6. The van der Waals surface area contributed by atoms with E-state index in [1.54, 1.807) is 12.1 Å². The van der Waals surface area contributed by atoms with Gasteiger partial charge in [-0.05, 0) is 24.3 Å². The molecule has 0 bridgehead atoms. The number of carbonyl (C=O) groups is 1. The second kappa shape index (κ2) is 6.59. The highest BCUT2D eigenvalue weighted by Crippen LogP contribution is 2.29. The SMILES string of the molecule is O=C1c2oc(COc3ccccc3)nc2CCN1c1c(F)cccc1F. The second-order valence-electron chi connectivity index (χ2n) is 5.76. The van der Waals surface area contributed by atoms with Crippen LogP contribution in [0.5, 0.6) is 5.75 Å². The number of oxazole rings is 1. The zero-order valence-corrected chi connectivity index (χ0v) is 13.6. The molecular formula is C19H14F2N2O3. The van der Waals surface area contributed by atoms with Crippen LogP contribution in [0.1, 0.15) is 22.1 Å². The van der Waals surface area contributed by atoms with Crippen molar-refractivity contribution in [3.63, 3.8) is 0 Å². The Morgan fingerprint density at radius 2 is 1.81 bits per heavy atom. The number of aromatic nitrogens is 1. The molecule has 5 nitrogen and oxygen atoms in total. The normalized spacial score (nSPS) is 13.6. The molecule has 1 aliphatic heterocycles. The van der Waals surface area contributed by atoms with Crippen molar-refractivity contribution in [2.45, 2.75) is 13.0 Å². The second-order valence-corrected chi connectivity index (χ2v) is 5.76. The first-order valence-electron chi connectivity index (χ1n) is 8.06. The van der Waals surface area contributed by atoms with Crippen molar-refractivity contribution >= 4 is 11.6 Å². The first-order chi connectivity index (χ1) is 12.6. The predicted octanol–water partition coefficient (Wildman–Crippen LogP) is 3.73. The number of hydrogen-bond acceptors (Lipinski definition) is 4. The fourth-order valence-corrected chi connectivity index (χ4v) is 2.86. The van der Waals surface area contributed by atoms with Gasteiger partial charge in [-0.2, -0.15) is 0 Å². The van der Waals surface area contributed by atoms with Crippen molar-refractivity contribution < 1.29 is 22.7 Å². The fourth-order valence-electron chi connectivity index (χ4n) is 2.86. The van der Waals surface area contributed by atoms with Gasteiger partial charge in [0.15, 0.2) is 6.61 Å². The Morgan fingerprint density at radius 3 is 2.54 bits per heavy atom. The van der Waals surface area contributed by atoms with Crippen LogP contribution in [-0.2, 0) is 13.0 Å². The van der Waals surface area contributed by atoms with Crippen LogP contribution < -0.4 is 9.64 Å². The van der Waals surface area contributed by atoms with E-state index in [1.807, 2.05) is 18.2 Å². The van der Waals surface area contributed by atoms with Crippen molar-refractivity contribution in [1.29, 1.82) is 0 Å². The van der Waals surface area contributed by atoms with Gasteiger partial charge >= 0.3 is 0 Å². The number of nitrogens with zero attached hydrogens (tertiary/aromatic N) is 2. The first kappa shape index (κ1) is 16.3. The number of hydrogen-bond donors (Lipinski definition) is 0. The maximum Gasteiger partial charge on any atom is 0.296 e. The predicted molar refractivity (Wildman–Crippen MR) is 89.0 cm³/mol. The Labute approximate surface area is 147 Å². The number of carbonyl (C=O) groups excluding carboxylic acids is 1. The maximum atomic E-state index is 14.0. The number of benzene rings is 2. The summed E-state index contributed by atoms with van der Waals surface area (Å²) in [6, 6.07) is 12.6. The number of para-hydroxylation sites is 2. The Morgan fingerprint density at radius 1 is 1.08 bits per heavy atom. The van der Waals surface area contributed by atoms with Crippen LogP contribution in [0.25, 0.3) is 0 Å². The summed E-state index contributed by atoms with van der Waals surface area (Å²) in [5, 5.41) is 0. The monoisotopic (exact) mass is 356 g/mol. The van der Waals surface area contributed by atoms with Gasteiger partial charge in [0, 0.05) is 13.0 Å². The highest BCUT2D eigenvalue weighted by atomic mass is 19.1. The zero-order chi connectivity index (χ0) is 18.1. The third-order valence-corrected chi connectivity index (χ3v) is 4.07. The van der Waals surface area contributed by atoms with Gasteiger partial charge in [-0.15, -0.1) is 0 Å². The van der Waals surface area contributed by atoms with E-state index in [2.05, 4.69) is 4.98 Å². The van der Waals surface area contributed by atoms with Crippen molar-refractivity contribution in [3.05, 3.63) is 77.5 Å².